The van der Waals surface area contributed by atoms with Gasteiger partial charge in [0.25, 0.3) is 0 Å². The monoisotopic (exact) mass is 445 g/mol. The lowest BCUT2D eigenvalue weighted by Gasteiger charge is -2.49. The Morgan fingerprint density at radius 3 is 2.45 bits per heavy atom. The van der Waals surface area contributed by atoms with Crippen molar-refractivity contribution in [3.05, 3.63) is 0 Å². The number of carbonyl (C=O) groups excluding carboxylic acids is 2. The number of rotatable bonds is 5. The SMILES string of the molecule is C[C@H](NC1(COC(=O)C(F)(F)F)CCC2(CCOCC2)CC1)C(=O)N1CCC[C@H]1C#N. The fraction of sp³-hybridized carbons (Fsp3) is 0.857. The molecule has 3 fully saturated rings. The molecule has 10 heteroatoms. The van der Waals surface area contributed by atoms with Crippen LogP contribution in [0.2, 0.25) is 0 Å². The maximum Gasteiger partial charge on any atom is 0.490 e. The summed E-state index contributed by atoms with van der Waals surface area (Å²) in [7, 11) is 0. The van der Waals surface area contributed by atoms with Crippen LogP contribution >= 0.6 is 0 Å². The van der Waals surface area contributed by atoms with E-state index in [1.54, 1.807) is 6.92 Å². The molecule has 7 nitrogen and oxygen atoms in total. The van der Waals surface area contributed by atoms with Crippen LogP contribution in [0.1, 0.15) is 58.3 Å². The van der Waals surface area contributed by atoms with E-state index in [1.165, 1.54) is 4.90 Å². The summed E-state index contributed by atoms with van der Waals surface area (Å²) in [5.41, 5.74) is -0.826. The molecule has 0 radical (unpaired) electrons. The highest BCUT2D eigenvalue weighted by molar-refractivity contribution is 5.82. The molecule has 31 heavy (non-hydrogen) atoms. The summed E-state index contributed by atoms with van der Waals surface area (Å²) in [5, 5.41) is 12.5. The number of nitrogens with zero attached hydrogens (tertiary/aromatic N) is 2. The fourth-order valence-electron chi connectivity index (χ4n) is 5.11. The Labute approximate surface area is 180 Å². The van der Waals surface area contributed by atoms with Gasteiger partial charge < -0.3 is 14.4 Å². The van der Waals surface area contributed by atoms with Crippen molar-refractivity contribution >= 4 is 11.9 Å². The third-order valence-corrected chi connectivity index (χ3v) is 7.11. The molecule has 1 saturated carbocycles. The molecule has 1 aliphatic carbocycles. The van der Waals surface area contributed by atoms with Gasteiger partial charge >= 0.3 is 12.1 Å². The number of amides is 1. The maximum absolute atomic E-state index is 12.9. The second kappa shape index (κ2) is 9.33. The Bertz CT molecular complexity index is 706. The fourth-order valence-corrected chi connectivity index (χ4v) is 5.11. The molecule has 2 saturated heterocycles. The molecule has 1 N–H and O–H groups in total. The van der Waals surface area contributed by atoms with Gasteiger partial charge in [0.2, 0.25) is 5.91 Å². The van der Waals surface area contributed by atoms with Gasteiger partial charge in [0.1, 0.15) is 12.6 Å². The molecule has 0 aromatic carbocycles. The Kier molecular flexibility index (Phi) is 7.16. The van der Waals surface area contributed by atoms with Crippen LogP contribution in [0.3, 0.4) is 0 Å². The predicted molar refractivity (Wildman–Crippen MR) is 104 cm³/mol. The van der Waals surface area contributed by atoms with Crippen LogP contribution in [-0.2, 0) is 19.1 Å². The zero-order valence-corrected chi connectivity index (χ0v) is 17.8. The second-order valence-corrected chi connectivity index (χ2v) is 9.15. The molecule has 0 aromatic rings. The molecule has 1 spiro atoms. The van der Waals surface area contributed by atoms with Gasteiger partial charge in [-0.25, -0.2) is 4.79 Å². The van der Waals surface area contributed by atoms with Crippen LogP contribution in [0.15, 0.2) is 0 Å². The zero-order chi connectivity index (χ0) is 22.7. The van der Waals surface area contributed by atoms with Gasteiger partial charge in [0.15, 0.2) is 0 Å². The van der Waals surface area contributed by atoms with Crippen molar-refractivity contribution < 1.29 is 32.2 Å². The van der Waals surface area contributed by atoms with Gasteiger partial charge in [0, 0.05) is 19.8 Å². The van der Waals surface area contributed by atoms with E-state index in [1.807, 2.05) is 0 Å². The van der Waals surface area contributed by atoms with E-state index in [9.17, 15) is 28.0 Å². The molecule has 3 aliphatic rings. The molecule has 0 unspecified atom stereocenters. The van der Waals surface area contributed by atoms with Crippen molar-refractivity contribution in [2.75, 3.05) is 26.4 Å². The molecule has 174 valence electrons. The summed E-state index contributed by atoms with van der Waals surface area (Å²) in [6.07, 6.45) is 0.624. The molecular formula is C21H30F3N3O4. The number of hydrogen-bond acceptors (Lipinski definition) is 6. The quantitative estimate of drug-likeness (QED) is 0.655. The Morgan fingerprint density at radius 1 is 1.23 bits per heavy atom. The van der Waals surface area contributed by atoms with Gasteiger partial charge in [-0.2, -0.15) is 18.4 Å². The topological polar surface area (TPSA) is 91.7 Å². The van der Waals surface area contributed by atoms with E-state index in [0.717, 1.165) is 32.1 Å². The number of esters is 1. The highest BCUT2D eigenvalue weighted by Gasteiger charge is 2.48. The van der Waals surface area contributed by atoms with Crippen molar-refractivity contribution in [3.8, 4) is 6.07 Å². The molecular weight excluding hydrogens is 415 g/mol. The van der Waals surface area contributed by atoms with Crippen molar-refractivity contribution in [1.29, 1.82) is 5.26 Å². The highest BCUT2D eigenvalue weighted by Crippen LogP contribution is 2.47. The summed E-state index contributed by atoms with van der Waals surface area (Å²) in [4.78, 5) is 25.8. The lowest BCUT2D eigenvalue weighted by Crippen LogP contribution is -2.60. The predicted octanol–water partition coefficient (Wildman–Crippen LogP) is 2.69. The first-order valence-electron chi connectivity index (χ1n) is 10.9. The number of alkyl halides is 3. The minimum Gasteiger partial charge on any atom is -0.457 e. The first-order valence-corrected chi connectivity index (χ1v) is 10.9. The van der Waals surface area contributed by atoms with Crippen molar-refractivity contribution in [1.82, 2.24) is 10.2 Å². The summed E-state index contributed by atoms with van der Waals surface area (Å²) >= 11 is 0. The number of nitriles is 1. The standard InChI is InChI=1S/C21H30F3N3O4/c1-15(17(28)27-10-2-3-16(27)13-25)26-20(14-31-18(29)21(22,23)24)6-4-19(5-7-20)8-11-30-12-9-19/h15-16,26H,2-12,14H2,1H3/t15-,16-/m0/s1. The molecule has 3 rings (SSSR count). The zero-order valence-electron chi connectivity index (χ0n) is 17.8. The smallest absolute Gasteiger partial charge is 0.457 e. The number of likely N-dealkylation sites (tertiary alicyclic amines) is 1. The molecule has 0 bridgehead atoms. The normalized spacial score (nSPS) is 26.3. The number of ether oxygens (including phenoxy) is 2. The molecule has 2 atom stereocenters. The van der Waals surface area contributed by atoms with Crippen LogP contribution in [-0.4, -0.2) is 66.9 Å². The average Bonchev–Trinajstić information content (AvgIpc) is 3.22. The van der Waals surface area contributed by atoms with Crippen LogP contribution < -0.4 is 5.32 Å². The van der Waals surface area contributed by atoms with E-state index in [4.69, 9.17) is 4.74 Å². The number of carbonyl (C=O) groups is 2. The van der Waals surface area contributed by atoms with Crippen LogP contribution in [0, 0.1) is 16.7 Å². The summed E-state index contributed by atoms with van der Waals surface area (Å²) < 4.78 is 48.2. The lowest BCUT2D eigenvalue weighted by molar-refractivity contribution is -0.202. The van der Waals surface area contributed by atoms with E-state index < -0.39 is 36.4 Å². The van der Waals surface area contributed by atoms with Crippen molar-refractivity contribution in [2.45, 2.75) is 82.1 Å². The number of halogens is 3. The van der Waals surface area contributed by atoms with E-state index in [2.05, 4.69) is 16.1 Å². The van der Waals surface area contributed by atoms with Crippen molar-refractivity contribution in [2.24, 2.45) is 5.41 Å². The van der Waals surface area contributed by atoms with Gasteiger partial charge in [-0.15, -0.1) is 0 Å². The van der Waals surface area contributed by atoms with E-state index in [-0.39, 0.29) is 11.3 Å². The summed E-state index contributed by atoms with van der Waals surface area (Å²) in [5.74, 6) is -2.47. The van der Waals surface area contributed by atoms with Gasteiger partial charge in [-0.1, -0.05) is 0 Å². The second-order valence-electron chi connectivity index (χ2n) is 9.15. The molecule has 1 amide bonds. The van der Waals surface area contributed by atoms with E-state index in [0.29, 0.717) is 39.0 Å². The van der Waals surface area contributed by atoms with Crippen LogP contribution in [0.25, 0.3) is 0 Å². The summed E-state index contributed by atoms with van der Waals surface area (Å²) in [6, 6.07) is 0.944. The Morgan fingerprint density at radius 2 is 1.87 bits per heavy atom. The first-order chi connectivity index (χ1) is 14.6. The Balaban J connectivity index is 1.70. The van der Waals surface area contributed by atoms with Crippen LogP contribution in [0.5, 0.6) is 0 Å². The van der Waals surface area contributed by atoms with Gasteiger partial charge in [-0.3, -0.25) is 10.1 Å². The maximum atomic E-state index is 12.9. The number of nitrogens with one attached hydrogen (secondary N) is 1. The van der Waals surface area contributed by atoms with E-state index >= 15 is 0 Å². The highest BCUT2D eigenvalue weighted by atomic mass is 19.4. The minimum atomic E-state index is -5.06. The number of hydrogen-bond donors (Lipinski definition) is 1. The Hall–Kier alpha value is -1.86. The third kappa shape index (κ3) is 5.50. The average molecular weight is 445 g/mol. The summed E-state index contributed by atoms with van der Waals surface area (Å²) in [6.45, 7) is 3.03. The minimum absolute atomic E-state index is 0.0889. The largest absolute Gasteiger partial charge is 0.490 e. The van der Waals surface area contributed by atoms with Crippen LogP contribution in [0.4, 0.5) is 13.2 Å². The molecule has 2 aliphatic heterocycles. The molecule has 0 aromatic heterocycles. The van der Waals surface area contributed by atoms with Gasteiger partial charge in [-0.05, 0) is 63.7 Å². The lowest BCUT2D eigenvalue weighted by atomic mass is 9.64. The molecule has 2 heterocycles. The van der Waals surface area contributed by atoms with Crippen molar-refractivity contribution in [3.63, 3.8) is 0 Å². The third-order valence-electron chi connectivity index (χ3n) is 7.11. The van der Waals surface area contributed by atoms with Gasteiger partial charge in [0.05, 0.1) is 17.6 Å². The first kappa shape index (κ1) is 23.8.